The smallest absolute Gasteiger partial charge is 0.262 e. The molecular weight excluding hydrogens is 429 g/mol. The van der Waals surface area contributed by atoms with Crippen LogP contribution in [0, 0.1) is 5.82 Å². The molecule has 0 atom stereocenters. The molecule has 0 aliphatic carbocycles. The number of aromatic nitrogens is 2. The van der Waals surface area contributed by atoms with Gasteiger partial charge in [0.2, 0.25) is 5.91 Å². The van der Waals surface area contributed by atoms with Gasteiger partial charge < -0.3 is 10.1 Å². The minimum atomic E-state index is -0.279. The lowest BCUT2D eigenvalue weighted by Crippen LogP contribution is -2.28. The van der Waals surface area contributed by atoms with Crippen LogP contribution in [0.3, 0.4) is 0 Å². The second kappa shape index (κ2) is 11.8. The fraction of sp³-hybridized carbons (Fsp3) is 0.375. The summed E-state index contributed by atoms with van der Waals surface area (Å²) in [6.45, 7) is 5.41. The van der Waals surface area contributed by atoms with Crippen molar-refractivity contribution < 1.29 is 13.9 Å². The number of halogens is 1. The number of nitrogens with zero attached hydrogens (tertiary/aromatic N) is 2. The number of nitrogens with one attached hydrogen (secondary N) is 1. The van der Waals surface area contributed by atoms with Crippen molar-refractivity contribution >= 4 is 28.6 Å². The Bertz CT molecular complexity index is 1100. The van der Waals surface area contributed by atoms with Crippen LogP contribution in [0.15, 0.2) is 58.5 Å². The zero-order chi connectivity index (χ0) is 22.9. The quantitative estimate of drug-likeness (QED) is 0.269. The highest BCUT2D eigenvalue weighted by Crippen LogP contribution is 2.18. The minimum absolute atomic E-state index is 0.112. The monoisotopic (exact) mass is 457 g/mol. The summed E-state index contributed by atoms with van der Waals surface area (Å²) in [5, 5.41) is 3.94. The first-order chi connectivity index (χ1) is 15.4. The Kier molecular flexibility index (Phi) is 8.81. The fourth-order valence-electron chi connectivity index (χ4n) is 3.18. The second-order valence-corrected chi connectivity index (χ2v) is 8.60. The summed E-state index contributed by atoms with van der Waals surface area (Å²) < 4.78 is 20.2. The summed E-state index contributed by atoms with van der Waals surface area (Å²) in [6.07, 6.45) is 1.43. The third-order valence-electron chi connectivity index (χ3n) is 4.79. The van der Waals surface area contributed by atoms with Gasteiger partial charge in [0.25, 0.3) is 5.56 Å². The number of carbonyl (C=O) groups excluding carboxylic acids is 1. The Labute approximate surface area is 191 Å². The number of benzene rings is 2. The third kappa shape index (κ3) is 6.90. The molecular formula is C24H28FN3O3S. The van der Waals surface area contributed by atoms with E-state index in [0.29, 0.717) is 48.6 Å². The van der Waals surface area contributed by atoms with Crippen molar-refractivity contribution in [3.63, 3.8) is 0 Å². The van der Waals surface area contributed by atoms with Crippen molar-refractivity contribution in [2.75, 3.05) is 18.9 Å². The molecule has 8 heteroatoms. The van der Waals surface area contributed by atoms with Gasteiger partial charge in [0.1, 0.15) is 5.82 Å². The lowest BCUT2D eigenvalue weighted by atomic mass is 10.1. The van der Waals surface area contributed by atoms with Crippen LogP contribution in [0.1, 0.15) is 25.8 Å². The van der Waals surface area contributed by atoms with Gasteiger partial charge in [-0.15, -0.1) is 0 Å². The van der Waals surface area contributed by atoms with Crippen LogP contribution in [-0.4, -0.2) is 40.5 Å². The highest BCUT2D eigenvalue weighted by Gasteiger charge is 2.13. The molecule has 0 aliphatic heterocycles. The van der Waals surface area contributed by atoms with Crippen LogP contribution < -0.4 is 10.9 Å². The summed E-state index contributed by atoms with van der Waals surface area (Å²) in [4.78, 5) is 30.0. The van der Waals surface area contributed by atoms with E-state index in [2.05, 4.69) is 10.3 Å². The van der Waals surface area contributed by atoms with Crippen molar-refractivity contribution in [1.29, 1.82) is 0 Å². The molecule has 0 spiro atoms. The molecule has 0 saturated carbocycles. The van der Waals surface area contributed by atoms with Gasteiger partial charge in [-0.2, -0.15) is 0 Å². The van der Waals surface area contributed by atoms with E-state index in [1.54, 1.807) is 28.8 Å². The summed E-state index contributed by atoms with van der Waals surface area (Å²) in [6, 6.07) is 13.4. The molecule has 0 bridgehead atoms. The van der Waals surface area contributed by atoms with Crippen LogP contribution in [0.4, 0.5) is 4.39 Å². The molecule has 2 aromatic carbocycles. The maximum atomic E-state index is 13.0. The number of amides is 1. The Morgan fingerprint density at radius 3 is 2.69 bits per heavy atom. The van der Waals surface area contributed by atoms with Crippen LogP contribution in [-0.2, 0) is 22.5 Å². The second-order valence-electron chi connectivity index (χ2n) is 7.66. The summed E-state index contributed by atoms with van der Waals surface area (Å²) in [5.74, 6) is -0.274. The number of hydrogen-bond acceptors (Lipinski definition) is 5. The van der Waals surface area contributed by atoms with Crippen molar-refractivity contribution in [3.05, 3.63) is 70.3 Å². The Hall–Kier alpha value is -2.71. The lowest BCUT2D eigenvalue weighted by molar-refractivity contribution is -0.118. The topological polar surface area (TPSA) is 73.2 Å². The number of fused-ring (bicyclic) bond motifs is 1. The van der Waals surface area contributed by atoms with Crippen LogP contribution >= 0.6 is 11.8 Å². The molecule has 0 radical (unpaired) electrons. The first kappa shape index (κ1) is 23.9. The lowest BCUT2D eigenvalue weighted by Gasteiger charge is -2.14. The maximum Gasteiger partial charge on any atom is 0.262 e. The van der Waals surface area contributed by atoms with Gasteiger partial charge >= 0.3 is 0 Å². The van der Waals surface area contributed by atoms with E-state index in [1.165, 1.54) is 23.9 Å². The standard InChI is InChI=1S/C24H28FN3O3S/c1-17(2)31-15-5-14-28-23(30)20-6-3-4-7-21(20)27-24(28)32-16-22(29)26-13-12-18-8-10-19(25)11-9-18/h3-4,6-11,17H,5,12-16H2,1-2H3,(H,26,29). The predicted octanol–water partition coefficient (Wildman–Crippen LogP) is 3.80. The van der Waals surface area contributed by atoms with Crippen LogP contribution in [0.5, 0.6) is 0 Å². The summed E-state index contributed by atoms with van der Waals surface area (Å²) in [7, 11) is 0. The maximum absolute atomic E-state index is 13.0. The molecule has 1 N–H and O–H groups in total. The van der Waals surface area contributed by atoms with E-state index in [1.807, 2.05) is 26.0 Å². The zero-order valence-electron chi connectivity index (χ0n) is 18.3. The molecule has 0 aliphatic rings. The Morgan fingerprint density at radius 2 is 1.94 bits per heavy atom. The fourth-order valence-corrected chi connectivity index (χ4v) is 4.03. The summed E-state index contributed by atoms with van der Waals surface area (Å²) >= 11 is 1.25. The highest BCUT2D eigenvalue weighted by molar-refractivity contribution is 7.99. The van der Waals surface area contributed by atoms with Gasteiger partial charge in [0, 0.05) is 19.7 Å². The number of ether oxygens (including phenoxy) is 1. The summed E-state index contributed by atoms with van der Waals surface area (Å²) in [5.41, 5.74) is 1.46. The zero-order valence-corrected chi connectivity index (χ0v) is 19.2. The minimum Gasteiger partial charge on any atom is -0.379 e. The molecule has 6 nitrogen and oxygen atoms in total. The number of thioether (sulfide) groups is 1. The SMILES string of the molecule is CC(C)OCCCn1c(SCC(=O)NCCc2ccc(F)cc2)nc2ccccc2c1=O. The average molecular weight is 458 g/mol. The number of rotatable bonds is 11. The molecule has 3 aromatic rings. The van der Waals surface area contributed by atoms with Gasteiger partial charge in [0.15, 0.2) is 5.16 Å². The molecule has 1 amide bonds. The number of hydrogen-bond donors (Lipinski definition) is 1. The Morgan fingerprint density at radius 1 is 1.19 bits per heavy atom. The van der Waals surface area contributed by atoms with Gasteiger partial charge in [-0.25, -0.2) is 9.37 Å². The molecule has 1 aromatic heterocycles. The predicted molar refractivity (Wildman–Crippen MR) is 126 cm³/mol. The van der Waals surface area contributed by atoms with Crippen LogP contribution in [0.2, 0.25) is 0 Å². The third-order valence-corrected chi connectivity index (χ3v) is 5.76. The van der Waals surface area contributed by atoms with Crippen LogP contribution in [0.25, 0.3) is 10.9 Å². The molecule has 0 unspecified atom stereocenters. The highest BCUT2D eigenvalue weighted by atomic mass is 32.2. The molecule has 0 saturated heterocycles. The normalized spacial score (nSPS) is 11.2. The van der Waals surface area contributed by atoms with E-state index in [9.17, 15) is 14.0 Å². The van der Waals surface area contributed by atoms with Gasteiger partial charge in [-0.05, 0) is 56.5 Å². The Balaban J connectivity index is 1.62. The molecule has 0 fully saturated rings. The number of carbonyl (C=O) groups is 1. The average Bonchev–Trinajstić information content (AvgIpc) is 2.78. The first-order valence-corrected chi connectivity index (χ1v) is 11.7. The molecule has 32 heavy (non-hydrogen) atoms. The van der Waals surface area contributed by atoms with E-state index < -0.39 is 0 Å². The van der Waals surface area contributed by atoms with E-state index in [-0.39, 0.29) is 29.1 Å². The molecule has 170 valence electrons. The van der Waals surface area contributed by atoms with Gasteiger partial charge in [0.05, 0.1) is 22.8 Å². The molecule has 1 heterocycles. The van der Waals surface area contributed by atoms with E-state index >= 15 is 0 Å². The van der Waals surface area contributed by atoms with Crippen molar-refractivity contribution in [3.8, 4) is 0 Å². The van der Waals surface area contributed by atoms with E-state index in [4.69, 9.17) is 4.74 Å². The van der Waals surface area contributed by atoms with Gasteiger partial charge in [-0.1, -0.05) is 36.0 Å². The van der Waals surface area contributed by atoms with Gasteiger partial charge in [-0.3, -0.25) is 14.2 Å². The van der Waals surface area contributed by atoms with Crippen molar-refractivity contribution in [2.24, 2.45) is 0 Å². The van der Waals surface area contributed by atoms with E-state index in [0.717, 1.165) is 5.56 Å². The van der Waals surface area contributed by atoms with Crippen molar-refractivity contribution in [2.45, 2.75) is 44.5 Å². The molecule has 3 rings (SSSR count). The van der Waals surface area contributed by atoms with Crippen molar-refractivity contribution in [1.82, 2.24) is 14.9 Å². The largest absolute Gasteiger partial charge is 0.379 e. The first-order valence-electron chi connectivity index (χ1n) is 10.7. The number of para-hydroxylation sites is 1.